The van der Waals surface area contributed by atoms with E-state index < -0.39 is 0 Å². The Hall–Kier alpha value is -4.02. The fraction of sp³-hybridized carbons (Fsp3) is 0.300. The highest BCUT2D eigenvalue weighted by molar-refractivity contribution is 5.92. The highest BCUT2D eigenvalue weighted by Crippen LogP contribution is 2.28. The third-order valence-corrected chi connectivity index (χ3v) is 5.07. The van der Waals surface area contributed by atoms with Crippen LogP contribution in [-0.2, 0) is 7.05 Å². The molecule has 1 amide bonds. The largest absolute Gasteiger partial charge is 0.371 e. The molecule has 0 saturated heterocycles. The number of carbonyl (C=O) groups is 1. The van der Waals surface area contributed by atoms with Crippen LogP contribution < -0.4 is 16.0 Å². The van der Waals surface area contributed by atoms with Crippen molar-refractivity contribution >= 4 is 34.6 Å². The first-order chi connectivity index (χ1) is 15.1. The average Bonchev–Trinajstić information content (AvgIpc) is 3.35. The van der Waals surface area contributed by atoms with E-state index in [-0.39, 0.29) is 6.03 Å². The predicted molar refractivity (Wildman–Crippen MR) is 116 cm³/mol. The highest BCUT2D eigenvalue weighted by Gasteiger charge is 2.23. The second-order valence-electron chi connectivity index (χ2n) is 7.51. The zero-order valence-electron chi connectivity index (χ0n) is 17.2. The van der Waals surface area contributed by atoms with E-state index in [0.29, 0.717) is 41.2 Å². The van der Waals surface area contributed by atoms with E-state index in [2.05, 4.69) is 41.0 Å². The molecule has 11 heteroatoms. The summed E-state index contributed by atoms with van der Waals surface area (Å²) in [6, 6.07) is 7.41. The van der Waals surface area contributed by atoms with Gasteiger partial charge in [-0.25, -0.2) is 19.3 Å². The molecule has 1 aromatic carbocycles. The molecule has 1 aliphatic carbocycles. The van der Waals surface area contributed by atoms with Crippen LogP contribution in [-0.4, -0.2) is 53.9 Å². The molecule has 1 saturated carbocycles. The summed E-state index contributed by atoms with van der Waals surface area (Å²) in [5, 5.41) is 13.5. The molecule has 0 aliphatic heterocycles. The molecule has 3 aromatic heterocycles. The van der Waals surface area contributed by atoms with Crippen molar-refractivity contribution in [1.82, 2.24) is 39.6 Å². The minimum absolute atomic E-state index is 0.246. The normalized spacial score (nSPS) is 13.4. The van der Waals surface area contributed by atoms with Gasteiger partial charge in [0.05, 0.1) is 0 Å². The lowest BCUT2D eigenvalue weighted by atomic mass is 10.2. The molecule has 0 radical (unpaired) electrons. The summed E-state index contributed by atoms with van der Waals surface area (Å²) in [5.41, 5.74) is 2.60. The van der Waals surface area contributed by atoms with Crippen LogP contribution in [0.25, 0.3) is 22.6 Å². The summed E-state index contributed by atoms with van der Waals surface area (Å²) in [6.45, 7) is 0.669. The van der Waals surface area contributed by atoms with Crippen LogP contribution in [0.1, 0.15) is 12.8 Å². The van der Waals surface area contributed by atoms with Crippen molar-refractivity contribution in [3.8, 4) is 11.4 Å². The van der Waals surface area contributed by atoms with Crippen LogP contribution in [0.2, 0.25) is 0 Å². The lowest BCUT2D eigenvalue weighted by Gasteiger charge is -2.10. The number of carbonyl (C=O) groups excluding carboxylic acids is 1. The van der Waals surface area contributed by atoms with Gasteiger partial charge in [0.25, 0.3) is 0 Å². The van der Waals surface area contributed by atoms with Crippen LogP contribution in [0.5, 0.6) is 0 Å². The van der Waals surface area contributed by atoms with Gasteiger partial charge in [0.1, 0.15) is 12.7 Å². The number of anilines is 3. The lowest BCUT2D eigenvalue weighted by molar-refractivity contribution is 0.242. The Labute approximate surface area is 177 Å². The number of aryl methyl sites for hydroxylation is 1. The minimum atomic E-state index is -0.246. The van der Waals surface area contributed by atoms with E-state index in [1.54, 1.807) is 18.1 Å². The Kier molecular flexibility index (Phi) is 4.69. The second kappa shape index (κ2) is 7.67. The number of rotatable bonds is 6. The number of fused-ring (bicyclic) bond motifs is 1. The van der Waals surface area contributed by atoms with Crippen molar-refractivity contribution in [2.45, 2.75) is 12.8 Å². The Balaban J connectivity index is 1.45. The molecule has 31 heavy (non-hydrogen) atoms. The topological polar surface area (TPSA) is 127 Å². The third-order valence-electron chi connectivity index (χ3n) is 5.07. The van der Waals surface area contributed by atoms with E-state index in [4.69, 9.17) is 0 Å². The number of imidazole rings is 1. The molecule has 4 aromatic rings. The van der Waals surface area contributed by atoms with Crippen molar-refractivity contribution in [3.63, 3.8) is 0 Å². The van der Waals surface area contributed by atoms with Crippen LogP contribution in [0.15, 0.2) is 36.9 Å². The first-order valence-corrected chi connectivity index (χ1v) is 10.0. The molecule has 0 atom stereocenters. The summed E-state index contributed by atoms with van der Waals surface area (Å²) < 4.78 is 3.07. The van der Waals surface area contributed by atoms with Crippen molar-refractivity contribution < 1.29 is 4.79 Å². The van der Waals surface area contributed by atoms with E-state index in [1.807, 2.05) is 31.3 Å². The van der Waals surface area contributed by atoms with Crippen LogP contribution in [0.3, 0.4) is 0 Å². The third kappa shape index (κ3) is 3.89. The number of nitrogens with zero attached hydrogens (tertiary/aromatic N) is 7. The van der Waals surface area contributed by atoms with Crippen molar-refractivity contribution in [2.75, 3.05) is 24.2 Å². The number of amides is 1. The van der Waals surface area contributed by atoms with Gasteiger partial charge in [-0.15, -0.1) is 0 Å². The zero-order chi connectivity index (χ0) is 21.4. The SMILES string of the molecule is CNc1nc(Nc2cccc(-c3ncn(C)n3)c2)nc2c1ncn2C(=O)NCC1CC1. The molecule has 11 nitrogen and oxygen atoms in total. The number of hydrogen-bond acceptors (Lipinski definition) is 8. The van der Waals surface area contributed by atoms with E-state index in [0.717, 1.165) is 24.1 Å². The Morgan fingerprint density at radius 2 is 2.06 bits per heavy atom. The van der Waals surface area contributed by atoms with Crippen LogP contribution in [0.4, 0.5) is 22.2 Å². The molecular formula is C20H22N10O. The smallest absolute Gasteiger partial charge is 0.328 e. The van der Waals surface area contributed by atoms with Gasteiger partial charge >= 0.3 is 6.03 Å². The standard InChI is InChI=1S/C20H22N10O/c1-21-17-15-18(30(11-23-15)20(31)22-9-12-6-7-12)27-19(26-17)25-14-5-3-4-13(8-14)16-24-10-29(2)28-16/h3-5,8,10-12H,6-7,9H2,1-2H3,(H,22,31)(H2,21,25,26,27). The Bertz CT molecular complexity index is 1260. The zero-order valence-corrected chi connectivity index (χ0v) is 17.2. The molecule has 3 heterocycles. The second-order valence-corrected chi connectivity index (χ2v) is 7.51. The molecule has 0 spiro atoms. The number of aromatic nitrogens is 7. The van der Waals surface area contributed by atoms with E-state index in [9.17, 15) is 4.79 Å². The molecular weight excluding hydrogens is 396 g/mol. The van der Waals surface area contributed by atoms with Gasteiger partial charge in [-0.05, 0) is 30.9 Å². The van der Waals surface area contributed by atoms with Gasteiger partial charge in [0, 0.05) is 31.9 Å². The van der Waals surface area contributed by atoms with Gasteiger partial charge in [0.2, 0.25) is 5.95 Å². The van der Waals surface area contributed by atoms with E-state index >= 15 is 0 Å². The fourth-order valence-corrected chi connectivity index (χ4v) is 3.25. The Morgan fingerprint density at radius 1 is 1.19 bits per heavy atom. The molecule has 3 N–H and O–H groups in total. The molecule has 0 bridgehead atoms. The number of hydrogen-bond donors (Lipinski definition) is 3. The first-order valence-electron chi connectivity index (χ1n) is 10.0. The summed E-state index contributed by atoms with van der Waals surface area (Å²) in [4.78, 5) is 30.3. The number of benzene rings is 1. The highest BCUT2D eigenvalue weighted by atomic mass is 16.2. The van der Waals surface area contributed by atoms with Gasteiger partial charge < -0.3 is 16.0 Å². The molecule has 1 aliphatic rings. The summed E-state index contributed by atoms with van der Waals surface area (Å²) in [5.74, 6) is 2.09. The molecule has 158 valence electrons. The lowest BCUT2D eigenvalue weighted by Crippen LogP contribution is -2.30. The van der Waals surface area contributed by atoms with Gasteiger partial charge in [-0.2, -0.15) is 15.1 Å². The maximum absolute atomic E-state index is 12.6. The quantitative estimate of drug-likeness (QED) is 0.435. The van der Waals surface area contributed by atoms with Gasteiger partial charge in [-0.1, -0.05) is 12.1 Å². The van der Waals surface area contributed by atoms with Crippen molar-refractivity contribution in [3.05, 3.63) is 36.9 Å². The van der Waals surface area contributed by atoms with Gasteiger partial charge in [-0.3, -0.25) is 4.68 Å². The molecule has 5 rings (SSSR count). The predicted octanol–water partition coefficient (Wildman–Crippen LogP) is 2.37. The summed E-state index contributed by atoms with van der Waals surface area (Å²) in [6.07, 6.45) is 5.46. The van der Waals surface area contributed by atoms with Crippen molar-refractivity contribution in [1.29, 1.82) is 0 Å². The average molecular weight is 418 g/mol. The maximum atomic E-state index is 12.6. The monoisotopic (exact) mass is 418 g/mol. The summed E-state index contributed by atoms with van der Waals surface area (Å²) >= 11 is 0. The van der Waals surface area contributed by atoms with Crippen LogP contribution >= 0.6 is 0 Å². The first kappa shape index (κ1) is 19.0. The molecule has 1 fully saturated rings. The van der Waals surface area contributed by atoms with Crippen LogP contribution in [0, 0.1) is 5.92 Å². The van der Waals surface area contributed by atoms with E-state index in [1.165, 1.54) is 10.9 Å². The summed E-state index contributed by atoms with van der Waals surface area (Å²) in [7, 11) is 3.58. The maximum Gasteiger partial charge on any atom is 0.328 e. The fourth-order valence-electron chi connectivity index (χ4n) is 3.25. The minimum Gasteiger partial charge on any atom is -0.371 e. The van der Waals surface area contributed by atoms with Crippen molar-refractivity contribution in [2.24, 2.45) is 13.0 Å². The molecule has 0 unspecified atom stereocenters. The Morgan fingerprint density at radius 3 is 2.81 bits per heavy atom. The van der Waals surface area contributed by atoms with Gasteiger partial charge in [0.15, 0.2) is 22.8 Å². The number of nitrogens with one attached hydrogen (secondary N) is 3.